The smallest absolute Gasteiger partial charge is 0.223 e. The number of hydrogen-bond acceptors (Lipinski definition) is 3. The number of hydrogen-bond donors (Lipinski definition) is 0. The minimum Gasteiger partial charge on any atom is -0.341 e. The van der Waals surface area contributed by atoms with Gasteiger partial charge in [0.05, 0.1) is 0 Å². The minimum absolute atomic E-state index is 0.0812. The van der Waals surface area contributed by atoms with Crippen molar-refractivity contribution in [3.05, 3.63) is 35.4 Å². The van der Waals surface area contributed by atoms with E-state index in [-0.39, 0.29) is 11.7 Å². The van der Waals surface area contributed by atoms with E-state index >= 15 is 0 Å². The molecule has 1 aromatic carbocycles. The van der Waals surface area contributed by atoms with Gasteiger partial charge in [-0.2, -0.15) is 0 Å². The van der Waals surface area contributed by atoms with E-state index in [1.165, 1.54) is 37.8 Å². The van der Waals surface area contributed by atoms with Crippen LogP contribution in [0, 0.1) is 0 Å². The highest BCUT2D eigenvalue weighted by molar-refractivity contribution is 5.98. The molecule has 0 spiro atoms. The van der Waals surface area contributed by atoms with Gasteiger partial charge in [-0.3, -0.25) is 14.5 Å². The molecule has 1 atom stereocenters. The number of Topliss-reactive ketones (excluding diaryl/α,β-unsaturated/α-hetero) is 1. The molecule has 0 N–H and O–H groups in total. The van der Waals surface area contributed by atoms with E-state index in [1.807, 2.05) is 29.2 Å². The summed E-state index contributed by atoms with van der Waals surface area (Å²) < 4.78 is 0. The molecule has 0 aliphatic carbocycles. The van der Waals surface area contributed by atoms with E-state index in [2.05, 4.69) is 11.8 Å². The third-order valence-corrected chi connectivity index (χ3v) is 5.82. The third-order valence-electron chi connectivity index (χ3n) is 5.82. The van der Waals surface area contributed by atoms with Crippen LogP contribution in [-0.4, -0.2) is 53.7 Å². The maximum atomic E-state index is 12.6. The van der Waals surface area contributed by atoms with E-state index in [0.717, 1.165) is 38.0 Å². The summed E-state index contributed by atoms with van der Waals surface area (Å²) in [5.74, 6) is 0.226. The molecule has 2 saturated heterocycles. The molecule has 2 aliphatic rings. The van der Waals surface area contributed by atoms with Gasteiger partial charge in [0.1, 0.15) is 0 Å². The lowest BCUT2D eigenvalue weighted by Crippen LogP contribution is -2.39. The zero-order chi connectivity index (χ0) is 18.4. The summed E-state index contributed by atoms with van der Waals surface area (Å²) in [5.41, 5.74) is 2.01. The van der Waals surface area contributed by atoms with E-state index in [9.17, 15) is 9.59 Å². The summed E-state index contributed by atoms with van der Waals surface area (Å²) in [6.45, 7) is 6.16. The number of fused-ring (bicyclic) bond motifs is 1. The van der Waals surface area contributed by atoms with Crippen LogP contribution in [0.25, 0.3) is 0 Å². The first-order chi connectivity index (χ1) is 12.7. The Morgan fingerprint density at radius 2 is 1.81 bits per heavy atom. The molecule has 3 rings (SSSR count). The predicted molar refractivity (Wildman–Crippen MR) is 104 cm³/mol. The van der Waals surface area contributed by atoms with Gasteiger partial charge in [-0.15, -0.1) is 0 Å². The summed E-state index contributed by atoms with van der Waals surface area (Å²) in [7, 11) is 0. The highest BCUT2D eigenvalue weighted by atomic mass is 16.2. The molecular weight excluding hydrogens is 324 g/mol. The van der Waals surface area contributed by atoms with Crippen molar-refractivity contribution in [3.63, 3.8) is 0 Å². The molecule has 2 aliphatic heterocycles. The van der Waals surface area contributed by atoms with Crippen LogP contribution in [0.4, 0.5) is 0 Å². The molecule has 0 bridgehead atoms. The number of benzene rings is 1. The van der Waals surface area contributed by atoms with E-state index in [1.54, 1.807) is 0 Å². The Balaban J connectivity index is 1.48. The SMILES string of the molecule is CCCCc1ccc(C(=O)CCC(=O)N2CCCN3CCCC3C2)cc1. The van der Waals surface area contributed by atoms with Gasteiger partial charge in [0.25, 0.3) is 0 Å². The van der Waals surface area contributed by atoms with Gasteiger partial charge in [-0.1, -0.05) is 37.6 Å². The van der Waals surface area contributed by atoms with Crippen molar-refractivity contribution in [1.29, 1.82) is 0 Å². The van der Waals surface area contributed by atoms with Gasteiger partial charge in [0, 0.05) is 44.1 Å². The summed E-state index contributed by atoms with van der Waals surface area (Å²) in [5, 5.41) is 0. The highest BCUT2D eigenvalue weighted by Gasteiger charge is 2.30. The second kappa shape index (κ2) is 9.31. The zero-order valence-corrected chi connectivity index (χ0v) is 16.1. The Hall–Kier alpha value is -1.68. The van der Waals surface area contributed by atoms with Crippen molar-refractivity contribution < 1.29 is 9.59 Å². The molecule has 4 heteroatoms. The average molecular weight is 357 g/mol. The Morgan fingerprint density at radius 1 is 1.04 bits per heavy atom. The van der Waals surface area contributed by atoms with Crippen LogP contribution in [0.1, 0.15) is 67.8 Å². The molecule has 4 nitrogen and oxygen atoms in total. The second-order valence-electron chi connectivity index (χ2n) is 7.75. The van der Waals surface area contributed by atoms with E-state index < -0.39 is 0 Å². The van der Waals surface area contributed by atoms with Crippen LogP contribution in [0.2, 0.25) is 0 Å². The third kappa shape index (κ3) is 4.94. The van der Waals surface area contributed by atoms with Crippen LogP contribution >= 0.6 is 0 Å². The number of unbranched alkanes of at least 4 members (excludes halogenated alkanes) is 1. The van der Waals surface area contributed by atoms with Crippen molar-refractivity contribution in [3.8, 4) is 0 Å². The Bertz CT molecular complexity index is 611. The molecule has 1 unspecified atom stereocenters. The maximum absolute atomic E-state index is 12.6. The fourth-order valence-corrected chi connectivity index (χ4v) is 4.19. The summed E-state index contributed by atoms with van der Waals surface area (Å²) in [6.07, 6.45) is 7.58. The molecule has 26 heavy (non-hydrogen) atoms. The number of amides is 1. The number of aryl methyl sites for hydroxylation is 1. The topological polar surface area (TPSA) is 40.6 Å². The van der Waals surface area contributed by atoms with Gasteiger partial charge in [0.15, 0.2) is 5.78 Å². The molecule has 0 radical (unpaired) electrons. The van der Waals surface area contributed by atoms with Crippen LogP contribution in [-0.2, 0) is 11.2 Å². The molecular formula is C22H32N2O2. The van der Waals surface area contributed by atoms with E-state index in [0.29, 0.717) is 18.9 Å². The van der Waals surface area contributed by atoms with Crippen LogP contribution < -0.4 is 0 Å². The fourth-order valence-electron chi connectivity index (χ4n) is 4.19. The minimum atomic E-state index is 0.0812. The van der Waals surface area contributed by atoms with Crippen molar-refractivity contribution in [1.82, 2.24) is 9.80 Å². The van der Waals surface area contributed by atoms with Gasteiger partial charge in [-0.25, -0.2) is 0 Å². The maximum Gasteiger partial charge on any atom is 0.223 e. The molecule has 0 saturated carbocycles. The first kappa shape index (κ1) is 19.1. The quantitative estimate of drug-likeness (QED) is 0.700. The van der Waals surface area contributed by atoms with Crippen molar-refractivity contribution in [2.45, 2.75) is 64.3 Å². The van der Waals surface area contributed by atoms with Gasteiger partial charge < -0.3 is 4.90 Å². The van der Waals surface area contributed by atoms with Crippen LogP contribution in [0.5, 0.6) is 0 Å². The van der Waals surface area contributed by atoms with Crippen molar-refractivity contribution >= 4 is 11.7 Å². The number of carbonyl (C=O) groups is 2. The first-order valence-corrected chi connectivity index (χ1v) is 10.3. The predicted octanol–water partition coefficient (Wildman–Crippen LogP) is 3.69. The van der Waals surface area contributed by atoms with Crippen LogP contribution in [0.15, 0.2) is 24.3 Å². The normalized spacial score (nSPS) is 20.7. The number of carbonyl (C=O) groups excluding carboxylic acids is 2. The lowest BCUT2D eigenvalue weighted by molar-refractivity contribution is -0.131. The van der Waals surface area contributed by atoms with Gasteiger partial charge in [-0.05, 0) is 44.2 Å². The molecule has 2 fully saturated rings. The largest absolute Gasteiger partial charge is 0.341 e. The number of rotatable bonds is 7. The standard InChI is InChI=1S/C22H32N2O2/c1-2-3-6-18-8-10-19(11-9-18)21(25)12-13-22(26)24-16-5-15-23-14-4-7-20(23)17-24/h8-11,20H,2-7,12-17H2,1H3. The lowest BCUT2D eigenvalue weighted by atomic mass is 10.0. The van der Waals surface area contributed by atoms with Crippen LogP contribution in [0.3, 0.4) is 0 Å². The molecule has 1 aromatic rings. The van der Waals surface area contributed by atoms with Gasteiger partial charge >= 0.3 is 0 Å². The van der Waals surface area contributed by atoms with E-state index in [4.69, 9.17) is 0 Å². The molecule has 0 aromatic heterocycles. The summed E-state index contributed by atoms with van der Waals surface area (Å²) in [6, 6.07) is 8.47. The Morgan fingerprint density at radius 3 is 2.58 bits per heavy atom. The second-order valence-corrected chi connectivity index (χ2v) is 7.75. The Kier molecular flexibility index (Phi) is 6.84. The lowest BCUT2D eigenvalue weighted by Gasteiger charge is -2.25. The molecule has 142 valence electrons. The summed E-state index contributed by atoms with van der Waals surface area (Å²) >= 11 is 0. The fraction of sp³-hybridized carbons (Fsp3) is 0.636. The van der Waals surface area contributed by atoms with Crippen molar-refractivity contribution in [2.24, 2.45) is 0 Å². The Labute approximate surface area is 157 Å². The first-order valence-electron chi connectivity index (χ1n) is 10.3. The highest BCUT2D eigenvalue weighted by Crippen LogP contribution is 2.22. The monoisotopic (exact) mass is 356 g/mol. The molecule has 2 heterocycles. The van der Waals surface area contributed by atoms with Crippen molar-refractivity contribution in [2.75, 3.05) is 26.2 Å². The number of nitrogens with zero attached hydrogens (tertiary/aromatic N) is 2. The number of ketones is 1. The average Bonchev–Trinajstić information content (AvgIpc) is 3.01. The summed E-state index contributed by atoms with van der Waals surface area (Å²) in [4.78, 5) is 29.6. The molecule has 1 amide bonds. The van der Waals surface area contributed by atoms with Gasteiger partial charge in [0.2, 0.25) is 5.91 Å². The zero-order valence-electron chi connectivity index (χ0n) is 16.1.